The van der Waals surface area contributed by atoms with Crippen LogP contribution in [0.15, 0.2) is 30.7 Å². The predicted octanol–water partition coefficient (Wildman–Crippen LogP) is 1.58. The minimum absolute atomic E-state index is 0.499. The summed E-state index contributed by atoms with van der Waals surface area (Å²) in [6.45, 7) is 0. The van der Waals surface area contributed by atoms with E-state index < -0.39 is 11.1 Å². The highest BCUT2D eigenvalue weighted by molar-refractivity contribution is 9.10. The zero-order valence-corrected chi connectivity index (χ0v) is 12.0. The lowest BCUT2D eigenvalue weighted by molar-refractivity contribution is 0.596. The fraction of sp³-hybridized carbons (Fsp3) is 0.222. The maximum Gasteiger partial charge on any atom is 0.339 e. The van der Waals surface area contributed by atoms with E-state index in [1.54, 1.807) is 18.4 Å². The van der Waals surface area contributed by atoms with Gasteiger partial charge in [-0.25, -0.2) is 0 Å². The van der Waals surface area contributed by atoms with Crippen molar-refractivity contribution < 1.29 is 0 Å². The van der Waals surface area contributed by atoms with Gasteiger partial charge in [0, 0.05) is 27.5 Å². The Kier molecular flexibility index (Phi) is 3.85. The van der Waals surface area contributed by atoms with Crippen LogP contribution >= 0.6 is 39.0 Å². The predicted molar refractivity (Wildman–Crippen MR) is 71.7 cm³/mol. The Bertz CT molecular complexity index is 646. The van der Waals surface area contributed by atoms with Gasteiger partial charge in [0.25, 0.3) is 0 Å². The van der Waals surface area contributed by atoms with Crippen LogP contribution in [0.4, 0.5) is 0 Å². The molecule has 0 aliphatic heterocycles. The summed E-state index contributed by atoms with van der Waals surface area (Å²) >= 11 is 6.41. The molecule has 0 amide bonds. The number of thioether (sulfide) groups is 1. The Morgan fingerprint density at radius 3 is 3.00 bits per heavy atom. The topological polar surface area (TPSA) is 67.8 Å². The van der Waals surface area contributed by atoms with Crippen molar-refractivity contribution in [1.29, 1.82) is 0 Å². The summed E-state index contributed by atoms with van der Waals surface area (Å²) in [4.78, 5) is 27.0. The largest absolute Gasteiger partial charge is 0.339 e. The van der Waals surface area contributed by atoms with Gasteiger partial charge in [0.15, 0.2) is 5.16 Å². The molecule has 0 saturated heterocycles. The molecule has 2 aromatic heterocycles. The first-order chi connectivity index (χ1) is 8.06. The Morgan fingerprint density at radius 1 is 1.59 bits per heavy atom. The van der Waals surface area contributed by atoms with E-state index in [4.69, 9.17) is 0 Å². The number of aromatic nitrogens is 3. The summed E-state index contributed by atoms with van der Waals surface area (Å²) in [5.74, 6) is 0.711. The number of H-pyrrole nitrogens is 1. The average Bonchev–Trinajstić information content (AvgIpc) is 2.68. The van der Waals surface area contributed by atoms with E-state index in [0.717, 1.165) is 4.47 Å². The van der Waals surface area contributed by atoms with Crippen molar-refractivity contribution in [2.75, 3.05) is 0 Å². The van der Waals surface area contributed by atoms with Crippen molar-refractivity contribution in [2.24, 2.45) is 7.05 Å². The number of aromatic amines is 1. The molecule has 2 rings (SSSR count). The Balaban J connectivity index is 2.17. The molecule has 17 heavy (non-hydrogen) atoms. The summed E-state index contributed by atoms with van der Waals surface area (Å²) in [7, 11) is 1.65. The first kappa shape index (κ1) is 12.6. The third-order valence-electron chi connectivity index (χ3n) is 1.91. The second-order valence-corrected chi connectivity index (χ2v) is 6.07. The molecular weight excluding hydrogens is 326 g/mol. The molecule has 0 aliphatic rings. The van der Waals surface area contributed by atoms with Gasteiger partial charge in [0.1, 0.15) is 0 Å². The van der Waals surface area contributed by atoms with Crippen molar-refractivity contribution in [3.63, 3.8) is 0 Å². The molecule has 0 spiro atoms. The monoisotopic (exact) mass is 333 g/mol. The fourth-order valence-corrected chi connectivity index (χ4v) is 3.58. The Morgan fingerprint density at radius 2 is 2.35 bits per heavy atom. The lowest BCUT2D eigenvalue weighted by Gasteiger charge is -2.04. The molecule has 1 N–H and O–H groups in total. The lowest BCUT2D eigenvalue weighted by Crippen LogP contribution is -2.33. The first-order valence-electron chi connectivity index (χ1n) is 4.59. The molecule has 2 aromatic rings. The van der Waals surface area contributed by atoms with Crippen LogP contribution in [0.1, 0.15) is 4.88 Å². The van der Waals surface area contributed by atoms with Crippen LogP contribution in [0, 0.1) is 0 Å². The molecular formula is C9H8BrN3O2S2. The molecule has 5 nitrogen and oxygen atoms in total. The van der Waals surface area contributed by atoms with E-state index in [1.165, 1.54) is 21.3 Å². The zero-order chi connectivity index (χ0) is 12.4. The highest BCUT2D eigenvalue weighted by Crippen LogP contribution is 2.26. The van der Waals surface area contributed by atoms with Crippen LogP contribution < -0.4 is 11.1 Å². The molecule has 0 bridgehead atoms. The molecule has 90 valence electrons. The zero-order valence-electron chi connectivity index (χ0n) is 8.77. The molecule has 0 saturated carbocycles. The molecule has 0 fully saturated rings. The third kappa shape index (κ3) is 3.08. The maximum absolute atomic E-state index is 11.1. The van der Waals surface area contributed by atoms with Gasteiger partial charge in [0.2, 0.25) is 0 Å². The second-order valence-electron chi connectivity index (χ2n) is 3.22. The summed E-state index contributed by atoms with van der Waals surface area (Å²) in [5, 5.41) is 4.90. The van der Waals surface area contributed by atoms with Crippen molar-refractivity contribution in [3.8, 4) is 0 Å². The molecule has 8 heteroatoms. The van der Waals surface area contributed by atoms with E-state index in [0.29, 0.717) is 10.9 Å². The quantitative estimate of drug-likeness (QED) is 0.684. The number of hydrogen-bond acceptors (Lipinski definition) is 5. The second kappa shape index (κ2) is 5.19. The number of halogens is 1. The normalized spacial score (nSPS) is 10.7. The SMILES string of the molecule is Cn1[nH]c(=O)c(=O)nc1SCc1cc(Br)cs1. The molecule has 0 unspecified atom stereocenters. The molecule has 0 aromatic carbocycles. The highest BCUT2D eigenvalue weighted by Gasteiger charge is 2.06. The fourth-order valence-electron chi connectivity index (χ4n) is 1.15. The third-order valence-corrected chi connectivity index (χ3v) is 4.87. The van der Waals surface area contributed by atoms with Crippen LogP contribution in [-0.2, 0) is 12.8 Å². The van der Waals surface area contributed by atoms with E-state index in [9.17, 15) is 9.59 Å². The number of thiophene rings is 1. The minimum atomic E-state index is -0.752. The van der Waals surface area contributed by atoms with Crippen LogP contribution in [0.2, 0.25) is 0 Å². The first-order valence-corrected chi connectivity index (χ1v) is 7.25. The van der Waals surface area contributed by atoms with E-state index in [1.807, 2.05) is 11.4 Å². The number of hydrogen-bond donors (Lipinski definition) is 1. The highest BCUT2D eigenvalue weighted by atomic mass is 79.9. The van der Waals surface area contributed by atoms with Crippen molar-refractivity contribution in [3.05, 3.63) is 41.5 Å². The van der Waals surface area contributed by atoms with Crippen molar-refractivity contribution in [2.45, 2.75) is 10.9 Å². The molecule has 0 atom stereocenters. The van der Waals surface area contributed by atoms with Gasteiger partial charge in [-0.1, -0.05) is 11.8 Å². The smallest absolute Gasteiger partial charge is 0.265 e. The van der Waals surface area contributed by atoms with Crippen LogP contribution in [0.25, 0.3) is 0 Å². The van der Waals surface area contributed by atoms with E-state index in [2.05, 4.69) is 26.0 Å². The summed E-state index contributed by atoms with van der Waals surface area (Å²) in [6, 6.07) is 2.02. The molecule has 0 radical (unpaired) electrons. The minimum Gasteiger partial charge on any atom is -0.265 e. The van der Waals surface area contributed by atoms with E-state index in [-0.39, 0.29) is 0 Å². The van der Waals surface area contributed by atoms with Crippen LogP contribution in [-0.4, -0.2) is 14.8 Å². The van der Waals surface area contributed by atoms with Gasteiger partial charge in [-0.15, -0.1) is 11.3 Å². The number of aryl methyl sites for hydroxylation is 1. The van der Waals surface area contributed by atoms with Crippen LogP contribution in [0.5, 0.6) is 0 Å². The van der Waals surface area contributed by atoms with Gasteiger partial charge < -0.3 is 0 Å². The van der Waals surface area contributed by atoms with Gasteiger partial charge in [-0.3, -0.25) is 19.4 Å². The summed E-state index contributed by atoms with van der Waals surface area (Å²) in [5.41, 5.74) is -1.45. The number of nitrogens with zero attached hydrogens (tertiary/aromatic N) is 2. The summed E-state index contributed by atoms with van der Waals surface area (Å²) in [6.07, 6.45) is 0. The lowest BCUT2D eigenvalue weighted by atomic mass is 10.5. The van der Waals surface area contributed by atoms with Gasteiger partial charge in [-0.2, -0.15) is 4.98 Å². The number of nitrogens with one attached hydrogen (secondary N) is 1. The van der Waals surface area contributed by atoms with Gasteiger partial charge >= 0.3 is 11.1 Å². The van der Waals surface area contributed by atoms with Crippen molar-refractivity contribution in [1.82, 2.24) is 14.8 Å². The van der Waals surface area contributed by atoms with Crippen LogP contribution in [0.3, 0.4) is 0 Å². The Hall–Kier alpha value is -0.860. The average molecular weight is 334 g/mol. The van der Waals surface area contributed by atoms with E-state index >= 15 is 0 Å². The van der Waals surface area contributed by atoms with Gasteiger partial charge in [0.05, 0.1) is 0 Å². The number of rotatable bonds is 3. The van der Waals surface area contributed by atoms with Crippen molar-refractivity contribution >= 4 is 39.0 Å². The molecule has 0 aliphatic carbocycles. The molecule has 2 heterocycles. The summed E-state index contributed by atoms with van der Waals surface area (Å²) < 4.78 is 2.50. The maximum atomic E-state index is 11.1. The van der Waals surface area contributed by atoms with Gasteiger partial charge in [-0.05, 0) is 22.0 Å². The standard InChI is InChI=1S/C9H8BrN3O2S2/c1-13-9(11-7(14)8(15)12-13)17-4-6-2-5(10)3-16-6/h2-3H,4H2,1H3,(H,12,15). The Labute approximate surface area is 113 Å².